The van der Waals surface area contributed by atoms with E-state index in [4.69, 9.17) is 0 Å². The van der Waals surface area contributed by atoms with Gasteiger partial charge in [-0.3, -0.25) is 0 Å². The molecule has 0 aliphatic carbocycles. The van der Waals surface area contributed by atoms with Gasteiger partial charge in [-0.05, 0) is 56.1 Å². The van der Waals surface area contributed by atoms with Gasteiger partial charge in [0.05, 0.1) is 0 Å². The molecule has 106 valence electrons. The minimum Gasteiger partial charge on any atom is -0.310 e. The predicted octanol–water partition coefficient (Wildman–Crippen LogP) is 3.21. The molecule has 1 aromatic carbocycles. The Morgan fingerprint density at radius 1 is 1.42 bits per heavy atom. The third-order valence-electron chi connectivity index (χ3n) is 4.13. The van der Waals surface area contributed by atoms with Crippen molar-refractivity contribution >= 4 is 0 Å². The molecular formula is C16H25FN2. The first-order valence-corrected chi connectivity index (χ1v) is 7.44. The lowest BCUT2D eigenvalue weighted by Gasteiger charge is -2.20. The van der Waals surface area contributed by atoms with E-state index in [2.05, 4.69) is 24.1 Å². The molecule has 1 N–H and O–H groups in total. The number of likely N-dealkylation sites (tertiary alicyclic amines) is 1. The van der Waals surface area contributed by atoms with Crippen LogP contribution in [-0.4, -0.2) is 31.1 Å². The van der Waals surface area contributed by atoms with E-state index in [0.29, 0.717) is 0 Å². The van der Waals surface area contributed by atoms with Crippen molar-refractivity contribution in [3.8, 4) is 0 Å². The molecule has 1 aromatic rings. The van der Waals surface area contributed by atoms with E-state index in [1.165, 1.54) is 25.6 Å². The van der Waals surface area contributed by atoms with Gasteiger partial charge in [0.25, 0.3) is 0 Å². The number of rotatable bonds is 6. The number of nitrogens with zero attached hydrogens (tertiary/aromatic N) is 1. The van der Waals surface area contributed by atoms with Crippen LogP contribution in [0, 0.1) is 11.7 Å². The number of hydrogen-bond acceptors (Lipinski definition) is 2. The fourth-order valence-electron chi connectivity index (χ4n) is 2.90. The average molecular weight is 264 g/mol. The first kappa shape index (κ1) is 14.5. The Kier molecular flexibility index (Phi) is 5.34. The quantitative estimate of drug-likeness (QED) is 0.849. The summed E-state index contributed by atoms with van der Waals surface area (Å²) in [5, 5.41) is 3.61. The Labute approximate surface area is 116 Å². The zero-order valence-corrected chi connectivity index (χ0v) is 12.0. The number of nitrogens with one attached hydrogen (secondary N) is 1. The average Bonchev–Trinajstić information content (AvgIpc) is 2.87. The van der Waals surface area contributed by atoms with Crippen LogP contribution in [0.2, 0.25) is 0 Å². The molecular weight excluding hydrogens is 239 g/mol. The molecule has 2 atom stereocenters. The number of hydrogen-bond donors (Lipinski definition) is 1. The molecule has 0 aromatic heterocycles. The Balaban J connectivity index is 1.86. The highest BCUT2D eigenvalue weighted by molar-refractivity contribution is 5.20. The largest absolute Gasteiger partial charge is 0.310 e. The minimum absolute atomic E-state index is 0.143. The van der Waals surface area contributed by atoms with E-state index in [-0.39, 0.29) is 11.9 Å². The molecule has 0 bridgehead atoms. The molecule has 1 heterocycles. The van der Waals surface area contributed by atoms with Gasteiger partial charge < -0.3 is 10.2 Å². The summed E-state index contributed by atoms with van der Waals surface area (Å²) < 4.78 is 13.3. The van der Waals surface area contributed by atoms with Crippen molar-refractivity contribution in [1.82, 2.24) is 10.2 Å². The Morgan fingerprint density at radius 3 is 2.89 bits per heavy atom. The highest BCUT2D eigenvalue weighted by Crippen LogP contribution is 2.20. The third kappa shape index (κ3) is 4.02. The van der Waals surface area contributed by atoms with Crippen LogP contribution >= 0.6 is 0 Å². The van der Waals surface area contributed by atoms with Gasteiger partial charge in [0.15, 0.2) is 0 Å². The van der Waals surface area contributed by atoms with Gasteiger partial charge in [0.1, 0.15) is 5.82 Å². The van der Waals surface area contributed by atoms with Gasteiger partial charge in [-0.1, -0.05) is 26.0 Å². The summed E-state index contributed by atoms with van der Waals surface area (Å²) >= 11 is 0. The number of halogens is 1. The molecule has 2 nitrogen and oxygen atoms in total. The molecule has 3 heteroatoms. The van der Waals surface area contributed by atoms with Gasteiger partial charge >= 0.3 is 0 Å². The van der Waals surface area contributed by atoms with E-state index in [9.17, 15) is 4.39 Å². The van der Waals surface area contributed by atoms with Gasteiger partial charge in [0, 0.05) is 12.6 Å². The van der Waals surface area contributed by atoms with Gasteiger partial charge in [-0.2, -0.15) is 0 Å². The van der Waals surface area contributed by atoms with Crippen molar-refractivity contribution in [3.05, 3.63) is 35.6 Å². The summed E-state index contributed by atoms with van der Waals surface area (Å²) in [5.41, 5.74) is 1.06. The lowest BCUT2D eigenvalue weighted by atomic mass is 10.0. The molecule has 1 saturated heterocycles. The van der Waals surface area contributed by atoms with Gasteiger partial charge in [-0.15, -0.1) is 0 Å². The Hall–Kier alpha value is -0.930. The molecule has 1 fully saturated rings. The molecule has 0 saturated carbocycles. The molecule has 0 spiro atoms. The lowest BCUT2D eigenvalue weighted by molar-refractivity contribution is 0.334. The van der Waals surface area contributed by atoms with E-state index in [1.807, 2.05) is 6.07 Å². The molecule has 2 unspecified atom stereocenters. The van der Waals surface area contributed by atoms with Crippen LogP contribution in [0.4, 0.5) is 4.39 Å². The number of benzene rings is 1. The zero-order valence-electron chi connectivity index (χ0n) is 12.0. The van der Waals surface area contributed by atoms with E-state index < -0.39 is 0 Å². The van der Waals surface area contributed by atoms with Crippen LogP contribution in [0.25, 0.3) is 0 Å². The monoisotopic (exact) mass is 264 g/mol. The van der Waals surface area contributed by atoms with Gasteiger partial charge in [-0.25, -0.2) is 4.39 Å². The van der Waals surface area contributed by atoms with Crippen LogP contribution in [0.5, 0.6) is 0 Å². The Morgan fingerprint density at radius 2 is 2.26 bits per heavy atom. The summed E-state index contributed by atoms with van der Waals surface area (Å²) in [6.45, 7) is 8.97. The topological polar surface area (TPSA) is 15.3 Å². The summed E-state index contributed by atoms with van der Waals surface area (Å²) in [5.74, 6) is 0.596. The maximum atomic E-state index is 13.3. The van der Waals surface area contributed by atoms with Crippen LogP contribution < -0.4 is 5.32 Å². The van der Waals surface area contributed by atoms with Crippen LogP contribution in [0.15, 0.2) is 24.3 Å². The molecule has 1 aliphatic heterocycles. The van der Waals surface area contributed by atoms with Crippen molar-refractivity contribution in [2.45, 2.75) is 32.7 Å². The van der Waals surface area contributed by atoms with Crippen molar-refractivity contribution in [3.63, 3.8) is 0 Å². The first-order chi connectivity index (χ1) is 9.22. The van der Waals surface area contributed by atoms with E-state index in [0.717, 1.165) is 31.0 Å². The van der Waals surface area contributed by atoms with Crippen molar-refractivity contribution in [1.29, 1.82) is 0 Å². The second-order valence-corrected chi connectivity index (χ2v) is 5.47. The Bertz CT molecular complexity index is 394. The van der Waals surface area contributed by atoms with Crippen LogP contribution in [-0.2, 0) is 0 Å². The molecule has 2 rings (SSSR count). The molecule has 0 radical (unpaired) electrons. The normalized spacial score (nSPS) is 21.7. The van der Waals surface area contributed by atoms with Crippen LogP contribution in [0.1, 0.15) is 38.3 Å². The SMILES string of the molecule is CCC(NCC1CCN(CC)C1)c1cccc(F)c1. The second kappa shape index (κ2) is 7.01. The fourth-order valence-corrected chi connectivity index (χ4v) is 2.90. The van der Waals surface area contributed by atoms with Crippen LogP contribution in [0.3, 0.4) is 0 Å². The minimum atomic E-state index is -0.143. The standard InChI is InChI=1S/C16H25FN2/c1-3-16(14-6-5-7-15(17)10-14)18-11-13-8-9-19(4-2)12-13/h5-7,10,13,16,18H,3-4,8-9,11-12H2,1-2H3. The lowest BCUT2D eigenvalue weighted by Crippen LogP contribution is -2.29. The van der Waals surface area contributed by atoms with E-state index >= 15 is 0 Å². The highest BCUT2D eigenvalue weighted by Gasteiger charge is 2.21. The maximum Gasteiger partial charge on any atom is 0.123 e. The summed E-state index contributed by atoms with van der Waals surface area (Å²) in [6.07, 6.45) is 2.27. The molecule has 1 aliphatic rings. The molecule has 0 amide bonds. The van der Waals surface area contributed by atoms with Gasteiger partial charge in [0.2, 0.25) is 0 Å². The van der Waals surface area contributed by atoms with Crippen molar-refractivity contribution in [2.24, 2.45) is 5.92 Å². The highest BCUT2D eigenvalue weighted by atomic mass is 19.1. The van der Waals surface area contributed by atoms with E-state index in [1.54, 1.807) is 12.1 Å². The third-order valence-corrected chi connectivity index (χ3v) is 4.13. The fraction of sp³-hybridized carbons (Fsp3) is 0.625. The second-order valence-electron chi connectivity index (χ2n) is 5.47. The summed E-state index contributed by atoms with van der Waals surface area (Å²) in [6, 6.07) is 7.23. The smallest absolute Gasteiger partial charge is 0.123 e. The molecule has 19 heavy (non-hydrogen) atoms. The maximum absolute atomic E-state index is 13.3. The van der Waals surface area contributed by atoms with Crippen molar-refractivity contribution in [2.75, 3.05) is 26.2 Å². The zero-order chi connectivity index (χ0) is 13.7. The first-order valence-electron chi connectivity index (χ1n) is 7.44. The van der Waals surface area contributed by atoms with Crippen molar-refractivity contribution < 1.29 is 4.39 Å². The summed E-state index contributed by atoms with van der Waals surface area (Å²) in [7, 11) is 0. The predicted molar refractivity (Wildman–Crippen MR) is 77.7 cm³/mol. The summed E-state index contributed by atoms with van der Waals surface area (Å²) in [4.78, 5) is 2.50.